The van der Waals surface area contributed by atoms with E-state index < -0.39 is 0 Å². The number of nitrogens with two attached hydrogens (primary N) is 1. The Morgan fingerprint density at radius 2 is 2.11 bits per heavy atom. The number of aromatic amines is 1. The molecule has 4 N–H and O–H groups in total. The summed E-state index contributed by atoms with van der Waals surface area (Å²) >= 11 is 0. The van der Waals surface area contributed by atoms with E-state index in [1.807, 2.05) is 6.92 Å². The van der Waals surface area contributed by atoms with E-state index in [2.05, 4.69) is 21.8 Å². The van der Waals surface area contributed by atoms with Crippen molar-refractivity contribution in [3.8, 4) is 0 Å². The summed E-state index contributed by atoms with van der Waals surface area (Å²) in [6.45, 7) is 8.48. The molecule has 0 saturated carbocycles. The Hall–Kier alpha value is -1.66. The lowest BCUT2D eigenvalue weighted by molar-refractivity contribution is 0.0336. The second-order valence-electron chi connectivity index (χ2n) is 4.76. The number of hydrogen-bond donors (Lipinski definition) is 3. The summed E-state index contributed by atoms with van der Waals surface area (Å²) < 4.78 is 5.35. The molecule has 1 fully saturated rings. The fourth-order valence-corrected chi connectivity index (χ4v) is 2.28. The van der Waals surface area contributed by atoms with Gasteiger partial charge in [-0.3, -0.25) is 10.3 Å². The lowest BCUT2D eigenvalue weighted by Gasteiger charge is -2.26. The van der Waals surface area contributed by atoms with Crippen LogP contribution >= 0.6 is 0 Å². The van der Waals surface area contributed by atoms with Crippen LogP contribution in [0.15, 0.2) is 4.99 Å². The van der Waals surface area contributed by atoms with Crippen LogP contribution in [0.5, 0.6) is 0 Å². The Morgan fingerprint density at radius 3 is 2.74 bits per heavy atom. The highest BCUT2D eigenvalue weighted by Crippen LogP contribution is 2.19. The van der Waals surface area contributed by atoms with Gasteiger partial charge in [0, 0.05) is 25.3 Å². The number of aliphatic imine (C=N–C) groups is 1. The first-order valence-electron chi connectivity index (χ1n) is 6.44. The second kappa shape index (κ2) is 5.99. The van der Waals surface area contributed by atoms with Gasteiger partial charge in [0.05, 0.1) is 18.9 Å². The van der Waals surface area contributed by atoms with Gasteiger partial charge in [-0.1, -0.05) is 0 Å². The van der Waals surface area contributed by atoms with Crippen molar-refractivity contribution in [2.45, 2.75) is 20.4 Å². The minimum atomic E-state index is 0.365. The van der Waals surface area contributed by atoms with Gasteiger partial charge in [-0.2, -0.15) is 0 Å². The van der Waals surface area contributed by atoms with E-state index in [1.165, 1.54) is 5.56 Å². The van der Waals surface area contributed by atoms with Crippen LogP contribution < -0.4 is 5.73 Å². The Bertz CT molecular complexity index is 485. The van der Waals surface area contributed by atoms with E-state index in [-0.39, 0.29) is 0 Å². The van der Waals surface area contributed by atoms with Crippen molar-refractivity contribution in [3.05, 3.63) is 22.5 Å². The van der Waals surface area contributed by atoms with Gasteiger partial charge in [0.2, 0.25) is 0 Å². The summed E-state index contributed by atoms with van der Waals surface area (Å²) in [5, 5.41) is 6.99. The number of amidine groups is 1. The van der Waals surface area contributed by atoms with Gasteiger partial charge in [-0.05, 0) is 25.0 Å². The molecule has 0 atom stereocenters. The topological polar surface area (TPSA) is 90.5 Å². The van der Waals surface area contributed by atoms with Crippen LogP contribution in [0.1, 0.15) is 22.5 Å². The van der Waals surface area contributed by atoms with Crippen molar-refractivity contribution in [3.63, 3.8) is 0 Å². The molecule has 0 bridgehead atoms. The van der Waals surface area contributed by atoms with Gasteiger partial charge >= 0.3 is 0 Å². The zero-order valence-electron chi connectivity index (χ0n) is 11.5. The maximum atomic E-state index is 6.99. The van der Waals surface area contributed by atoms with Crippen molar-refractivity contribution >= 4 is 12.2 Å². The van der Waals surface area contributed by atoms with E-state index in [9.17, 15) is 0 Å². The molecule has 1 aliphatic rings. The van der Waals surface area contributed by atoms with Gasteiger partial charge in [0.15, 0.2) is 0 Å². The van der Waals surface area contributed by atoms with Gasteiger partial charge in [-0.25, -0.2) is 4.99 Å². The fourth-order valence-electron chi connectivity index (χ4n) is 2.28. The van der Waals surface area contributed by atoms with Crippen LogP contribution in [0.25, 0.3) is 0 Å². The summed E-state index contributed by atoms with van der Waals surface area (Å²) in [7, 11) is 0. The maximum absolute atomic E-state index is 6.99. The second-order valence-corrected chi connectivity index (χ2v) is 4.76. The van der Waals surface area contributed by atoms with Crippen molar-refractivity contribution in [2.24, 2.45) is 10.7 Å². The standard InChI is InChI=1S/C13H21N5O/c1-9-10(2)12(13(15)16-8-14)17-11(9)7-18-3-5-19-6-4-18/h8,17H,3-7H2,1-2H3,(H3,14,15,16). The summed E-state index contributed by atoms with van der Waals surface area (Å²) in [5.74, 6) is 0.365. The Kier molecular flexibility index (Phi) is 4.34. The normalized spacial score (nSPS) is 17.7. The van der Waals surface area contributed by atoms with Crippen LogP contribution in [0.2, 0.25) is 0 Å². The van der Waals surface area contributed by atoms with E-state index >= 15 is 0 Å². The Morgan fingerprint density at radius 1 is 1.42 bits per heavy atom. The molecule has 2 heterocycles. The maximum Gasteiger partial charge on any atom is 0.149 e. The number of ether oxygens (including phenoxy) is 1. The molecule has 0 spiro atoms. The minimum Gasteiger partial charge on any atom is -0.382 e. The molecule has 104 valence electrons. The largest absolute Gasteiger partial charge is 0.382 e. The van der Waals surface area contributed by atoms with Crippen molar-refractivity contribution in [1.82, 2.24) is 9.88 Å². The molecule has 6 nitrogen and oxygen atoms in total. The number of hydrogen-bond acceptors (Lipinski definition) is 3. The first kappa shape index (κ1) is 13.8. The van der Waals surface area contributed by atoms with Crippen molar-refractivity contribution < 1.29 is 4.74 Å². The summed E-state index contributed by atoms with van der Waals surface area (Å²) in [5.41, 5.74) is 10.2. The van der Waals surface area contributed by atoms with E-state index in [1.54, 1.807) is 0 Å². The molecule has 1 aromatic rings. The van der Waals surface area contributed by atoms with Crippen LogP contribution in [-0.4, -0.2) is 48.4 Å². The lowest BCUT2D eigenvalue weighted by atomic mass is 10.1. The molecule has 19 heavy (non-hydrogen) atoms. The molecule has 0 radical (unpaired) electrons. The summed E-state index contributed by atoms with van der Waals surface area (Å²) in [4.78, 5) is 9.52. The molecule has 0 amide bonds. The number of rotatable bonds is 4. The Labute approximate surface area is 113 Å². The number of aromatic nitrogens is 1. The lowest BCUT2D eigenvalue weighted by Crippen LogP contribution is -2.35. The zero-order chi connectivity index (χ0) is 13.8. The molecule has 0 aliphatic carbocycles. The molecule has 2 rings (SSSR count). The molecular formula is C13H21N5O. The van der Waals surface area contributed by atoms with Crippen LogP contribution in [0.3, 0.4) is 0 Å². The van der Waals surface area contributed by atoms with Crippen LogP contribution in [0.4, 0.5) is 0 Å². The average Bonchev–Trinajstić information content (AvgIpc) is 2.69. The van der Waals surface area contributed by atoms with Crippen molar-refractivity contribution in [1.29, 1.82) is 5.41 Å². The van der Waals surface area contributed by atoms with E-state index in [0.717, 1.165) is 56.1 Å². The van der Waals surface area contributed by atoms with E-state index in [0.29, 0.717) is 5.84 Å². The van der Waals surface area contributed by atoms with Gasteiger partial charge in [0.1, 0.15) is 12.2 Å². The SMILES string of the molecule is Cc1c(CN2CCOCC2)[nH]c(C(N)=NC=N)c1C. The monoisotopic (exact) mass is 263 g/mol. The van der Waals surface area contributed by atoms with Gasteiger partial charge in [-0.15, -0.1) is 0 Å². The summed E-state index contributed by atoms with van der Waals surface area (Å²) in [6, 6.07) is 0. The third-order valence-electron chi connectivity index (χ3n) is 3.61. The van der Waals surface area contributed by atoms with Gasteiger partial charge in [0.25, 0.3) is 0 Å². The third-order valence-corrected chi connectivity index (χ3v) is 3.61. The third kappa shape index (κ3) is 3.02. The minimum absolute atomic E-state index is 0.365. The molecule has 1 saturated heterocycles. The van der Waals surface area contributed by atoms with E-state index in [4.69, 9.17) is 15.9 Å². The highest BCUT2D eigenvalue weighted by molar-refractivity contribution is 6.01. The number of morpholine rings is 1. The molecule has 1 aromatic heterocycles. The van der Waals surface area contributed by atoms with Gasteiger partial charge < -0.3 is 15.5 Å². The number of H-pyrrole nitrogens is 1. The van der Waals surface area contributed by atoms with Crippen LogP contribution in [-0.2, 0) is 11.3 Å². The molecule has 1 aliphatic heterocycles. The number of nitrogens with one attached hydrogen (secondary N) is 2. The van der Waals surface area contributed by atoms with Crippen molar-refractivity contribution in [2.75, 3.05) is 26.3 Å². The zero-order valence-corrected chi connectivity index (χ0v) is 11.5. The highest BCUT2D eigenvalue weighted by atomic mass is 16.5. The first-order valence-corrected chi connectivity index (χ1v) is 6.44. The highest BCUT2D eigenvalue weighted by Gasteiger charge is 2.17. The summed E-state index contributed by atoms with van der Waals surface area (Å²) in [6.07, 6.45) is 0.965. The van der Waals surface area contributed by atoms with Crippen LogP contribution in [0, 0.1) is 19.3 Å². The average molecular weight is 263 g/mol. The molecule has 0 aromatic carbocycles. The molecule has 0 unspecified atom stereocenters. The predicted octanol–water partition coefficient (Wildman–Crippen LogP) is 0.776. The fraction of sp³-hybridized carbons (Fsp3) is 0.538. The molecule has 6 heteroatoms. The first-order chi connectivity index (χ1) is 9.13. The number of nitrogens with zero attached hydrogens (tertiary/aromatic N) is 2. The Balaban J connectivity index is 2.19. The predicted molar refractivity (Wildman–Crippen MR) is 75.9 cm³/mol. The quantitative estimate of drug-likeness (QED) is 0.553. The molecular weight excluding hydrogens is 242 g/mol. The smallest absolute Gasteiger partial charge is 0.149 e.